The number of urea groups is 1. The summed E-state index contributed by atoms with van der Waals surface area (Å²) in [5.74, 6) is 0. The Labute approximate surface area is 161 Å². The molecule has 3 aromatic rings. The Balaban J connectivity index is 1.41. The number of rotatable bonds is 3. The molecule has 2 amide bonds. The molecule has 0 atom stereocenters. The standard InChI is InChI=1S/C20H22N4O2S/c1-27-16-8-6-14(7-9-16)21-19(25)23-12-10-15(11-13-23)24-18-5-3-2-4-17(18)22-20(24)26/h2-9,15H,10-13H2,1H3,(H,21,25)(H,22,26). The van der Waals surface area contributed by atoms with Gasteiger partial charge < -0.3 is 15.2 Å². The summed E-state index contributed by atoms with van der Waals surface area (Å²) in [6, 6.07) is 15.6. The summed E-state index contributed by atoms with van der Waals surface area (Å²) in [5.41, 5.74) is 2.51. The molecule has 27 heavy (non-hydrogen) atoms. The molecule has 6 nitrogen and oxygen atoms in total. The number of benzene rings is 2. The summed E-state index contributed by atoms with van der Waals surface area (Å²) in [4.78, 5) is 30.8. The molecule has 7 heteroatoms. The molecule has 1 saturated heterocycles. The second kappa shape index (κ2) is 7.52. The van der Waals surface area contributed by atoms with Crippen molar-refractivity contribution in [2.45, 2.75) is 23.8 Å². The minimum atomic E-state index is -0.0865. The lowest BCUT2D eigenvalue weighted by atomic mass is 10.0. The third-order valence-electron chi connectivity index (χ3n) is 5.08. The Hall–Kier alpha value is -2.67. The zero-order valence-electron chi connectivity index (χ0n) is 15.1. The van der Waals surface area contributed by atoms with Crippen LogP contribution in [0.25, 0.3) is 11.0 Å². The van der Waals surface area contributed by atoms with Crippen LogP contribution in [-0.4, -0.2) is 39.8 Å². The SMILES string of the molecule is CSc1ccc(NC(=O)N2CCC(n3c(=O)[nH]c4ccccc43)CC2)cc1. The number of para-hydroxylation sites is 2. The number of anilines is 1. The van der Waals surface area contributed by atoms with Crippen LogP contribution in [0, 0.1) is 0 Å². The van der Waals surface area contributed by atoms with Gasteiger partial charge in [-0.1, -0.05) is 12.1 Å². The Kier molecular flexibility index (Phi) is 4.94. The van der Waals surface area contributed by atoms with Gasteiger partial charge >= 0.3 is 11.7 Å². The Morgan fingerprint density at radius 2 is 1.81 bits per heavy atom. The number of carbonyl (C=O) groups is 1. The largest absolute Gasteiger partial charge is 0.326 e. The lowest BCUT2D eigenvalue weighted by Crippen LogP contribution is -2.42. The van der Waals surface area contributed by atoms with Gasteiger partial charge in [-0.2, -0.15) is 0 Å². The number of nitrogens with one attached hydrogen (secondary N) is 2. The molecule has 0 bridgehead atoms. The second-order valence-corrected chi connectivity index (χ2v) is 7.57. The molecule has 2 aromatic carbocycles. The fourth-order valence-corrected chi connectivity index (χ4v) is 4.05. The van der Waals surface area contributed by atoms with Gasteiger partial charge in [-0.25, -0.2) is 9.59 Å². The first-order valence-electron chi connectivity index (χ1n) is 9.05. The molecular weight excluding hydrogens is 360 g/mol. The van der Waals surface area contributed by atoms with Crippen molar-refractivity contribution in [2.75, 3.05) is 24.7 Å². The highest BCUT2D eigenvalue weighted by Crippen LogP contribution is 2.25. The number of hydrogen-bond donors (Lipinski definition) is 2. The average Bonchev–Trinajstić information content (AvgIpc) is 3.04. The van der Waals surface area contributed by atoms with E-state index >= 15 is 0 Å². The number of piperidine rings is 1. The molecule has 0 aliphatic carbocycles. The minimum absolute atomic E-state index is 0.0759. The van der Waals surface area contributed by atoms with E-state index in [1.807, 2.05) is 64.3 Å². The third-order valence-corrected chi connectivity index (χ3v) is 5.83. The van der Waals surface area contributed by atoms with Crippen LogP contribution in [-0.2, 0) is 0 Å². The van der Waals surface area contributed by atoms with Crippen LogP contribution in [0.4, 0.5) is 10.5 Å². The topological polar surface area (TPSA) is 70.1 Å². The number of carbonyl (C=O) groups excluding carboxylic acids is 1. The van der Waals surface area contributed by atoms with E-state index in [4.69, 9.17) is 0 Å². The molecule has 0 saturated carbocycles. The van der Waals surface area contributed by atoms with Gasteiger partial charge in [-0.15, -0.1) is 11.8 Å². The number of likely N-dealkylation sites (tertiary alicyclic amines) is 1. The molecule has 0 radical (unpaired) electrons. The van der Waals surface area contributed by atoms with Crippen molar-refractivity contribution in [3.63, 3.8) is 0 Å². The van der Waals surface area contributed by atoms with Gasteiger partial charge in [0.2, 0.25) is 0 Å². The highest BCUT2D eigenvalue weighted by Gasteiger charge is 2.26. The Morgan fingerprint density at radius 1 is 1.11 bits per heavy atom. The number of thioether (sulfide) groups is 1. The van der Waals surface area contributed by atoms with Crippen molar-refractivity contribution in [2.24, 2.45) is 0 Å². The second-order valence-electron chi connectivity index (χ2n) is 6.69. The first-order valence-corrected chi connectivity index (χ1v) is 10.3. The van der Waals surface area contributed by atoms with Crippen molar-refractivity contribution in [1.82, 2.24) is 14.5 Å². The van der Waals surface area contributed by atoms with Crippen LogP contribution in [0.15, 0.2) is 58.2 Å². The number of fused-ring (bicyclic) bond motifs is 1. The van der Waals surface area contributed by atoms with Gasteiger partial charge in [0.1, 0.15) is 0 Å². The number of nitrogens with zero attached hydrogens (tertiary/aromatic N) is 2. The van der Waals surface area contributed by atoms with Crippen LogP contribution in [0.1, 0.15) is 18.9 Å². The predicted octanol–water partition coefficient (Wildman–Crippen LogP) is 3.92. The van der Waals surface area contributed by atoms with Crippen molar-refractivity contribution in [3.05, 3.63) is 59.0 Å². The highest BCUT2D eigenvalue weighted by atomic mass is 32.2. The Morgan fingerprint density at radius 3 is 2.52 bits per heavy atom. The number of hydrogen-bond acceptors (Lipinski definition) is 3. The lowest BCUT2D eigenvalue weighted by Gasteiger charge is -2.32. The molecule has 1 fully saturated rings. The zero-order valence-corrected chi connectivity index (χ0v) is 16.0. The fourth-order valence-electron chi connectivity index (χ4n) is 3.64. The normalized spacial score (nSPS) is 15.2. The molecule has 0 spiro atoms. The van der Waals surface area contributed by atoms with Gasteiger partial charge in [0.05, 0.1) is 11.0 Å². The van der Waals surface area contributed by atoms with Gasteiger partial charge in [0.15, 0.2) is 0 Å². The maximum Gasteiger partial charge on any atom is 0.326 e. The molecule has 1 aromatic heterocycles. The van der Waals surface area contributed by atoms with Crippen molar-refractivity contribution >= 4 is 34.5 Å². The molecule has 1 aliphatic heterocycles. The average molecular weight is 382 g/mol. The van der Waals surface area contributed by atoms with E-state index in [9.17, 15) is 9.59 Å². The molecule has 2 N–H and O–H groups in total. The van der Waals surface area contributed by atoms with E-state index in [-0.39, 0.29) is 17.8 Å². The number of imidazole rings is 1. The first kappa shape index (κ1) is 17.7. The zero-order chi connectivity index (χ0) is 18.8. The summed E-state index contributed by atoms with van der Waals surface area (Å²) < 4.78 is 1.84. The van der Waals surface area contributed by atoms with Crippen LogP contribution in [0.3, 0.4) is 0 Å². The van der Waals surface area contributed by atoms with E-state index in [0.717, 1.165) is 34.5 Å². The Bertz CT molecular complexity index is 1000. The van der Waals surface area contributed by atoms with E-state index < -0.39 is 0 Å². The summed E-state index contributed by atoms with van der Waals surface area (Å²) in [7, 11) is 0. The van der Waals surface area contributed by atoms with Crippen LogP contribution in [0.2, 0.25) is 0 Å². The molecular formula is C20H22N4O2S. The molecule has 140 valence electrons. The molecule has 0 unspecified atom stereocenters. The highest BCUT2D eigenvalue weighted by molar-refractivity contribution is 7.98. The predicted molar refractivity (Wildman–Crippen MR) is 110 cm³/mol. The molecule has 2 heterocycles. The van der Waals surface area contributed by atoms with Crippen molar-refractivity contribution < 1.29 is 4.79 Å². The summed E-state index contributed by atoms with van der Waals surface area (Å²) in [6.07, 6.45) is 3.55. The van der Waals surface area contributed by atoms with E-state index in [1.54, 1.807) is 11.8 Å². The number of aromatic nitrogens is 2. The molecule has 4 rings (SSSR count). The molecule has 1 aliphatic rings. The third kappa shape index (κ3) is 3.60. The fraction of sp³-hybridized carbons (Fsp3) is 0.300. The van der Waals surface area contributed by atoms with Crippen LogP contribution in [0.5, 0.6) is 0 Å². The maximum atomic E-state index is 12.5. The van der Waals surface area contributed by atoms with Crippen molar-refractivity contribution in [3.8, 4) is 0 Å². The quantitative estimate of drug-likeness (QED) is 0.675. The number of aromatic amines is 1. The smallest absolute Gasteiger partial charge is 0.324 e. The number of H-pyrrole nitrogens is 1. The van der Waals surface area contributed by atoms with E-state index in [0.29, 0.717) is 13.1 Å². The lowest BCUT2D eigenvalue weighted by molar-refractivity contribution is 0.184. The van der Waals surface area contributed by atoms with Gasteiger partial charge in [0, 0.05) is 29.7 Å². The van der Waals surface area contributed by atoms with Crippen LogP contribution >= 0.6 is 11.8 Å². The summed E-state index contributed by atoms with van der Waals surface area (Å²) in [6.45, 7) is 1.26. The van der Waals surface area contributed by atoms with Crippen molar-refractivity contribution in [1.29, 1.82) is 0 Å². The number of amides is 2. The van der Waals surface area contributed by atoms with E-state index in [1.165, 1.54) is 0 Å². The summed E-state index contributed by atoms with van der Waals surface area (Å²) in [5, 5.41) is 2.96. The first-order chi connectivity index (χ1) is 13.2. The van der Waals surface area contributed by atoms with Gasteiger partial charge in [-0.05, 0) is 55.5 Å². The maximum absolute atomic E-state index is 12.5. The van der Waals surface area contributed by atoms with Gasteiger partial charge in [0.25, 0.3) is 0 Å². The van der Waals surface area contributed by atoms with E-state index in [2.05, 4.69) is 10.3 Å². The van der Waals surface area contributed by atoms with Crippen LogP contribution < -0.4 is 11.0 Å². The monoisotopic (exact) mass is 382 g/mol. The summed E-state index contributed by atoms with van der Waals surface area (Å²) >= 11 is 1.67. The van der Waals surface area contributed by atoms with Gasteiger partial charge in [-0.3, -0.25) is 4.57 Å². The minimum Gasteiger partial charge on any atom is -0.324 e.